The third kappa shape index (κ3) is 2.36. The maximum absolute atomic E-state index is 12.1. The molecule has 0 spiro atoms. The monoisotopic (exact) mass is 315 g/mol. The van der Waals surface area contributed by atoms with Crippen LogP contribution in [0.25, 0.3) is 11.3 Å². The average Bonchev–Trinajstić information content (AvgIpc) is 2.53. The molecule has 3 rings (SSSR count). The second kappa shape index (κ2) is 5.46. The first-order valence-electron chi connectivity index (χ1n) is 7.20. The molecule has 6 nitrogen and oxygen atoms in total. The van der Waals surface area contributed by atoms with Crippen LogP contribution in [0.15, 0.2) is 29.2 Å². The van der Waals surface area contributed by atoms with Crippen molar-refractivity contribution >= 4 is 5.97 Å². The van der Waals surface area contributed by atoms with E-state index in [2.05, 4.69) is 0 Å². The van der Waals surface area contributed by atoms with Gasteiger partial charge in [0.25, 0.3) is 0 Å². The first kappa shape index (κ1) is 15.1. The molecule has 0 radical (unpaired) electrons. The highest BCUT2D eigenvalue weighted by Gasteiger charge is 2.25. The Morgan fingerprint density at radius 1 is 1.22 bits per heavy atom. The van der Waals surface area contributed by atoms with Crippen LogP contribution in [0.5, 0.6) is 11.5 Å². The highest BCUT2D eigenvalue weighted by Crippen LogP contribution is 2.41. The van der Waals surface area contributed by atoms with Crippen molar-refractivity contribution in [1.29, 1.82) is 0 Å². The Hall–Kier alpha value is -2.76. The van der Waals surface area contributed by atoms with Gasteiger partial charge in [0.15, 0.2) is 16.9 Å². The molecule has 2 aromatic rings. The summed E-state index contributed by atoms with van der Waals surface area (Å²) < 4.78 is 12.5. The minimum absolute atomic E-state index is 0.154. The predicted octanol–water partition coefficient (Wildman–Crippen LogP) is 2.35. The quantitative estimate of drug-likeness (QED) is 0.940. The number of aromatic nitrogens is 1. The van der Waals surface area contributed by atoms with Crippen LogP contribution in [0.1, 0.15) is 28.8 Å². The van der Waals surface area contributed by atoms with E-state index in [-0.39, 0.29) is 11.5 Å². The van der Waals surface area contributed by atoms with Crippen LogP contribution >= 0.6 is 0 Å². The smallest absolute Gasteiger partial charge is 0.341 e. The molecule has 120 valence electrons. The lowest BCUT2D eigenvalue weighted by Gasteiger charge is -2.28. The van der Waals surface area contributed by atoms with Crippen molar-refractivity contribution in [2.75, 3.05) is 14.2 Å². The Labute approximate surface area is 132 Å². The zero-order valence-electron chi connectivity index (χ0n) is 13.1. The minimum atomic E-state index is -1.21. The fourth-order valence-electron chi connectivity index (χ4n) is 3.04. The molecule has 0 amide bonds. The van der Waals surface area contributed by atoms with Crippen molar-refractivity contribution in [3.05, 3.63) is 45.7 Å². The Morgan fingerprint density at radius 3 is 2.48 bits per heavy atom. The summed E-state index contributed by atoms with van der Waals surface area (Å²) in [6, 6.07) is 5.12. The van der Waals surface area contributed by atoms with E-state index in [1.807, 2.05) is 23.6 Å². The minimum Gasteiger partial charge on any atom is -0.493 e. The zero-order chi connectivity index (χ0) is 16.7. The molecule has 0 bridgehead atoms. The molecule has 1 aliphatic heterocycles. The van der Waals surface area contributed by atoms with Crippen LogP contribution in [-0.2, 0) is 6.54 Å². The van der Waals surface area contributed by atoms with E-state index >= 15 is 0 Å². The van der Waals surface area contributed by atoms with Crippen molar-refractivity contribution in [3.8, 4) is 22.8 Å². The van der Waals surface area contributed by atoms with Crippen molar-refractivity contribution < 1.29 is 19.4 Å². The Kier molecular flexibility index (Phi) is 3.60. The van der Waals surface area contributed by atoms with Gasteiger partial charge in [-0.3, -0.25) is 4.79 Å². The second-order valence-electron chi connectivity index (χ2n) is 5.59. The summed E-state index contributed by atoms with van der Waals surface area (Å²) in [5.74, 6) is 0.148. The van der Waals surface area contributed by atoms with Gasteiger partial charge in [-0.25, -0.2) is 4.79 Å². The van der Waals surface area contributed by atoms with Crippen molar-refractivity contribution in [1.82, 2.24) is 4.57 Å². The van der Waals surface area contributed by atoms with Gasteiger partial charge in [-0.05, 0) is 23.6 Å². The molecular weight excluding hydrogens is 298 g/mol. The molecule has 23 heavy (non-hydrogen) atoms. The molecule has 6 heteroatoms. The normalized spacial score (nSPS) is 15.5. The van der Waals surface area contributed by atoms with Crippen LogP contribution < -0.4 is 14.9 Å². The number of hydrogen-bond donors (Lipinski definition) is 1. The van der Waals surface area contributed by atoms with Gasteiger partial charge in [-0.1, -0.05) is 6.92 Å². The van der Waals surface area contributed by atoms with Gasteiger partial charge in [0.2, 0.25) is 0 Å². The molecule has 1 unspecified atom stereocenters. The van der Waals surface area contributed by atoms with Gasteiger partial charge in [0, 0.05) is 24.4 Å². The van der Waals surface area contributed by atoms with Gasteiger partial charge < -0.3 is 19.1 Å². The topological polar surface area (TPSA) is 77.8 Å². The maximum atomic E-state index is 12.1. The van der Waals surface area contributed by atoms with E-state index in [0.29, 0.717) is 23.7 Å². The van der Waals surface area contributed by atoms with E-state index < -0.39 is 11.4 Å². The Morgan fingerprint density at radius 2 is 1.87 bits per heavy atom. The molecule has 1 aromatic heterocycles. The molecule has 1 aliphatic rings. The van der Waals surface area contributed by atoms with Gasteiger partial charge in [0.1, 0.15) is 5.56 Å². The lowest BCUT2D eigenvalue weighted by Crippen LogP contribution is -2.23. The summed E-state index contributed by atoms with van der Waals surface area (Å²) in [5, 5.41) is 9.13. The van der Waals surface area contributed by atoms with Crippen molar-refractivity contribution in [3.63, 3.8) is 0 Å². The van der Waals surface area contributed by atoms with Gasteiger partial charge in [-0.15, -0.1) is 0 Å². The molecule has 0 saturated heterocycles. The number of nitrogens with zero attached hydrogens (tertiary/aromatic N) is 1. The number of aromatic carboxylic acids is 1. The van der Waals surface area contributed by atoms with E-state index in [1.165, 1.54) is 12.3 Å². The summed E-state index contributed by atoms with van der Waals surface area (Å²) in [6.07, 6.45) is 1.41. The largest absolute Gasteiger partial charge is 0.493 e. The van der Waals surface area contributed by atoms with Crippen LogP contribution in [0.4, 0.5) is 0 Å². The van der Waals surface area contributed by atoms with Gasteiger partial charge >= 0.3 is 5.97 Å². The SMILES string of the molecule is COc1cc2c(cc1OC)C(C)Cn1cc(C(=O)O)c(=O)cc1-2. The lowest BCUT2D eigenvalue weighted by molar-refractivity contribution is 0.0694. The van der Waals surface area contributed by atoms with Crippen molar-refractivity contribution in [2.24, 2.45) is 0 Å². The number of carboxylic acids is 1. The van der Waals surface area contributed by atoms with Crippen LogP contribution in [0.2, 0.25) is 0 Å². The number of fused-ring (bicyclic) bond motifs is 3. The molecule has 1 atom stereocenters. The predicted molar refractivity (Wildman–Crippen MR) is 84.6 cm³/mol. The van der Waals surface area contributed by atoms with Crippen molar-refractivity contribution in [2.45, 2.75) is 19.4 Å². The maximum Gasteiger partial charge on any atom is 0.341 e. The van der Waals surface area contributed by atoms with Gasteiger partial charge in [-0.2, -0.15) is 0 Å². The number of carbonyl (C=O) groups is 1. The summed E-state index contributed by atoms with van der Waals surface area (Å²) in [4.78, 5) is 23.2. The average molecular weight is 315 g/mol. The molecule has 0 fully saturated rings. The molecular formula is C17H17NO5. The number of methoxy groups -OCH3 is 2. The zero-order valence-corrected chi connectivity index (χ0v) is 13.1. The second-order valence-corrected chi connectivity index (χ2v) is 5.59. The number of carboxylic acid groups (broad SMARTS) is 1. The highest BCUT2D eigenvalue weighted by molar-refractivity contribution is 5.87. The van der Waals surface area contributed by atoms with Crippen LogP contribution in [-0.4, -0.2) is 29.9 Å². The fraction of sp³-hybridized carbons (Fsp3) is 0.294. The molecule has 1 N–H and O–H groups in total. The standard InChI is InChI=1S/C17H17NO5/c1-9-7-18-8-12(17(20)21)14(19)6-13(18)11-5-16(23-3)15(22-2)4-10(9)11/h4-6,8-9H,7H2,1-3H3,(H,20,21). The number of ether oxygens (including phenoxy) is 2. The lowest BCUT2D eigenvalue weighted by atomic mass is 9.89. The van der Waals surface area contributed by atoms with Gasteiger partial charge in [0.05, 0.1) is 19.9 Å². The van der Waals surface area contributed by atoms with Crippen LogP contribution in [0.3, 0.4) is 0 Å². The number of benzene rings is 1. The fourth-order valence-corrected chi connectivity index (χ4v) is 3.04. The molecule has 0 aliphatic carbocycles. The highest BCUT2D eigenvalue weighted by atomic mass is 16.5. The molecule has 0 saturated carbocycles. The summed E-state index contributed by atoms with van der Waals surface area (Å²) in [6.45, 7) is 2.64. The number of rotatable bonds is 3. The van der Waals surface area contributed by atoms with E-state index in [0.717, 1.165) is 11.1 Å². The Bertz CT molecular complexity index is 853. The summed E-state index contributed by atoms with van der Waals surface area (Å²) in [5.41, 5.74) is 1.87. The first-order valence-corrected chi connectivity index (χ1v) is 7.20. The Balaban J connectivity index is 2.28. The first-order chi connectivity index (χ1) is 11.0. The summed E-state index contributed by atoms with van der Waals surface area (Å²) in [7, 11) is 3.13. The number of hydrogen-bond acceptors (Lipinski definition) is 4. The summed E-state index contributed by atoms with van der Waals surface area (Å²) >= 11 is 0. The van der Waals surface area contributed by atoms with E-state index in [9.17, 15) is 9.59 Å². The van der Waals surface area contributed by atoms with E-state index in [4.69, 9.17) is 14.6 Å². The molecule has 1 aromatic carbocycles. The third-order valence-electron chi connectivity index (χ3n) is 4.19. The third-order valence-corrected chi connectivity index (χ3v) is 4.19. The molecule has 2 heterocycles. The van der Waals surface area contributed by atoms with E-state index in [1.54, 1.807) is 14.2 Å². The number of pyridine rings is 1. The van der Waals surface area contributed by atoms with Crippen LogP contribution in [0, 0.1) is 0 Å².